The summed E-state index contributed by atoms with van der Waals surface area (Å²) in [5.74, 6) is -1.03. The SMILES string of the molecule is Cc1cc(CC(=O)O)cc(S(=O)(=O)N2CCN(CCc3ccc(C(F)(F)F)cc3)CC2)c1. The lowest BCUT2D eigenvalue weighted by atomic mass is 10.1. The molecule has 1 heterocycles. The van der Waals surface area contributed by atoms with E-state index in [1.807, 2.05) is 0 Å². The lowest BCUT2D eigenvalue weighted by Gasteiger charge is -2.34. The Hall–Kier alpha value is -2.43. The van der Waals surface area contributed by atoms with Crippen LogP contribution in [-0.2, 0) is 33.8 Å². The highest BCUT2D eigenvalue weighted by atomic mass is 32.2. The summed E-state index contributed by atoms with van der Waals surface area (Å²) in [5.41, 5.74) is 1.23. The number of piperazine rings is 1. The van der Waals surface area contributed by atoms with E-state index in [4.69, 9.17) is 5.11 Å². The van der Waals surface area contributed by atoms with Crippen molar-refractivity contribution in [1.29, 1.82) is 0 Å². The number of carboxylic acids is 1. The molecular weight excluding hydrogens is 445 g/mol. The molecule has 2 aromatic rings. The molecule has 2 aromatic carbocycles. The maximum atomic E-state index is 13.0. The molecule has 1 fully saturated rings. The molecule has 1 N–H and O–H groups in total. The van der Waals surface area contributed by atoms with Crippen LogP contribution in [0.15, 0.2) is 47.4 Å². The molecule has 0 spiro atoms. The number of alkyl halides is 3. The van der Waals surface area contributed by atoms with E-state index < -0.39 is 27.7 Å². The van der Waals surface area contributed by atoms with Gasteiger partial charge in [-0.15, -0.1) is 0 Å². The number of benzene rings is 2. The van der Waals surface area contributed by atoms with Crippen LogP contribution in [0.2, 0.25) is 0 Å². The molecule has 0 aromatic heterocycles. The van der Waals surface area contributed by atoms with Crippen molar-refractivity contribution >= 4 is 16.0 Å². The van der Waals surface area contributed by atoms with Crippen LogP contribution < -0.4 is 0 Å². The van der Waals surface area contributed by atoms with Gasteiger partial charge in [0, 0.05) is 32.7 Å². The molecule has 10 heteroatoms. The van der Waals surface area contributed by atoms with Gasteiger partial charge in [0.25, 0.3) is 0 Å². The van der Waals surface area contributed by atoms with Gasteiger partial charge in [-0.2, -0.15) is 17.5 Å². The van der Waals surface area contributed by atoms with Gasteiger partial charge in [-0.25, -0.2) is 8.42 Å². The van der Waals surface area contributed by atoms with Crippen LogP contribution in [0.3, 0.4) is 0 Å². The van der Waals surface area contributed by atoms with Gasteiger partial charge in [0.05, 0.1) is 16.9 Å². The largest absolute Gasteiger partial charge is 0.481 e. The second kappa shape index (κ2) is 9.60. The Morgan fingerprint density at radius 1 is 1.00 bits per heavy atom. The molecule has 0 bridgehead atoms. The first-order chi connectivity index (χ1) is 14.9. The number of hydrogen-bond donors (Lipinski definition) is 1. The quantitative estimate of drug-likeness (QED) is 0.673. The number of halogens is 3. The molecule has 0 amide bonds. The van der Waals surface area contributed by atoms with Gasteiger partial charge in [0.1, 0.15) is 0 Å². The number of hydrogen-bond acceptors (Lipinski definition) is 4. The van der Waals surface area contributed by atoms with Gasteiger partial charge < -0.3 is 10.0 Å². The van der Waals surface area contributed by atoms with E-state index in [0.29, 0.717) is 37.2 Å². The van der Waals surface area contributed by atoms with Crippen molar-refractivity contribution in [2.45, 2.75) is 30.8 Å². The van der Waals surface area contributed by atoms with Crippen LogP contribution in [-0.4, -0.2) is 61.4 Å². The Morgan fingerprint density at radius 3 is 2.19 bits per heavy atom. The lowest BCUT2D eigenvalue weighted by molar-refractivity contribution is -0.138. The average Bonchev–Trinajstić information content (AvgIpc) is 2.71. The summed E-state index contributed by atoms with van der Waals surface area (Å²) in [7, 11) is -3.74. The van der Waals surface area contributed by atoms with Gasteiger partial charge in [-0.1, -0.05) is 18.2 Å². The Kier molecular flexibility index (Phi) is 7.26. The maximum Gasteiger partial charge on any atom is 0.416 e. The summed E-state index contributed by atoms with van der Waals surface area (Å²) in [6.07, 6.45) is -4.03. The molecule has 0 unspecified atom stereocenters. The van der Waals surface area contributed by atoms with Gasteiger partial charge in [0.2, 0.25) is 10.0 Å². The molecular formula is C22H25F3N2O4S. The molecule has 174 valence electrons. The second-order valence-corrected chi connectivity index (χ2v) is 9.85. The molecule has 0 radical (unpaired) electrons. The normalized spacial score (nSPS) is 16.2. The second-order valence-electron chi connectivity index (χ2n) is 7.92. The molecule has 1 aliphatic rings. The van der Waals surface area contributed by atoms with E-state index >= 15 is 0 Å². The fourth-order valence-corrected chi connectivity index (χ4v) is 5.32. The maximum absolute atomic E-state index is 13.0. The number of aryl methyl sites for hydroxylation is 1. The number of rotatable bonds is 7. The summed E-state index contributed by atoms with van der Waals surface area (Å²) in [5, 5.41) is 9.00. The van der Waals surface area contributed by atoms with E-state index in [1.165, 1.54) is 28.6 Å². The minimum atomic E-state index is -4.36. The third-order valence-electron chi connectivity index (χ3n) is 5.43. The fraction of sp³-hybridized carbons (Fsp3) is 0.409. The fourth-order valence-electron chi connectivity index (χ4n) is 3.74. The molecule has 0 aliphatic carbocycles. The molecule has 0 saturated carbocycles. The number of aliphatic carboxylic acids is 1. The average molecular weight is 471 g/mol. The van der Waals surface area contributed by atoms with Crippen molar-refractivity contribution in [2.75, 3.05) is 32.7 Å². The van der Waals surface area contributed by atoms with Gasteiger partial charge in [-0.3, -0.25) is 4.79 Å². The third-order valence-corrected chi connectivity index (χ3v) is 7.31. The van der Waals surface area contributed by atoms with Crippen molar-refractivity contribution in [3.8, 4) is 0 Å². The van der Waals surface area contributed by atoms with E-state index in [2.05, 4.69) is 4.90 Å². The van der Waals surface area contributed by atoms with E-state index in [9.17, 15) is 26.4 Å². The highest BCUT2D eigenvalue weighted by Crippen LogP contribution is 2.29. The van der Waals surface area contributed by atoms with E-state index in [1.54, 1.807) is 13.0 Å². The third kappa shape index (κ3) is 6.08. The standard InChI is InChI=1S/C22H25F3N2O4S/c1-16-12-18(15-21(28)29)14-20(13-16)32(30,31)27-10-8-26(9-11-27)7-6-17-2-4-19(5-3-17)22(23,24)25/h2-5,12-14H,6-11,15H2,1H3,(H,28,29). The summed E-state index contributed by atoms with van der Waals surface area (Å²) < 4.78 is 65.5. The molecule has 32 heavy (non-hydrogen) atoms. The summed E-state index contributed by atoms with van der Waals surface area (Å²) in [4.78, 5) is 13.2. The Bertz CT molecular complexity index is 1060. The monoisotopic (exact) mass is 470 g/mol. The van der Waals surface area contributed by atoms with Gasteiger partial charge >= 0.3 is 12.1 Å². The molecule has 1 aliphatic heterocycles. The number of sulfonamides is 1. The van der Waals surface area contributed by atoms with Crippen molar-refractivity contribution in [1.82, 2.24) is 9.21 Å². The van der Waals surface area contributed by atoms with Crippen LogP contribution in [0.1, 0.15) is 22.3 Å². The number of carbonyl (C=O) groups is 1. The highest BCUT2D eigenvalue weighted by Gasteiger charge is 2.30. The van der Waals surface area contributed by atoms with Crippen molar-refractivity contribution in [2.24, 2.45) is 0 Å². The first kappa shape index (κ1) is 24.2. The Labute approximate surface area is 185 Å². The molecule has 1 saturated heterocycles. The minimum absolute atomic E-state index is 0.0898. The highest BCUT2D eigenvalue weighted by molar-refractivity contribution is 7.89. The predicted octanol–water partition coefficient (Wildman–Crippen LogP) is 3.19. The van der Waals surface area contributed by atoms with Crippen LogP contribution in [0.5, 0.6) is 0 Å². The zero-order chi connectivity index (χ0) is 23.5. The summed E-state index contributed by atoms with van der Waals surface area (Å²) in [6.45, 7) is 3.94. The van der Waals surface area contributed by atoms with Gasteiger partial charge in [-0.05, 0) is 54.3 Å². The van der Waals surface area contributed by atoms with Crippen LogP contribution in [0.25, 0.3) is 0 Å². The summed E-state index contributed by atoms with van der Waals surface area (Å²) in [6, 6.07) is 9.68. The Morgan fingerprint density at radius 2 is 1.62 bits per heavy atom. The van der Waals surface area contributed by atoms with E-state index in [0.717, 1.165) is 17.7 Å². The molecule has 6 nitrogen and oxygen atoms in total. The zero-order valence-electron chi connectivity index (χ0n) is 17.6. The van der Waals surface area contributed by atoms with Crippen LogP contribution in [0.4, 0.5) is 13.2 Å². The number of nitrogens with zero attached hydrogens (tertiary/aromatic N) is 2. The minimum Gasteiger partial charge on any atom is -0.481 e. The first-order valence-electron chi connectivity index (χ1n) is 10.2. The van der Waals surface area contributed by atoms with Crippen LogP contribution >= 0.6 is 0 Å². The van der Waals surface area contributed by atoms with Crippen molar-refractivity contribution in [3.05, 3.63) is 64.7 Å². The topological polar surface area (TPSA) is 77.9 Å². The van der Waals surface area contributed by atoms with Crippen molar-refractivity contribution < 1.29 is 31.5 Å². The van der Waals surface area contributed by atoms with Gasteiger partial charge in [0.15, 0.2) is 0 Å². The van der Waals surface area contributed by atoms with Crippen LogP contribution in [0, 0.1) is 6.92 Å². The Balaban J connectivity index is 1.58. The smallest absolute Gasteiger partial charge is 0.416 e. The predicted molar refractivity (Wildman–Crippen MR) is 113 cm³/mol. The first-order valence-corrected chi connectivity index (χ1v) is 11.6. The molecule has 0 atom stereocenters. The summed E-state index contributed by atoms with van der Waals surface area (Å²) >= 11 is 0. The van der Waals surface area contributed by atoms with Crippen molar-refractivity contribution in [3.63, 3.8) is 0 Å². The molecule has 3 rings (SSSR count). The van der Waals surface area contributed by atoms with E-state index in [-0.39, 0.29) is 24.4 Å². The zero-order valence-corrected chi connectivity index (χ0v) is 18.4. The lowest BCUT2D eigenvalue weighted by Crippen LogP contribution is -2.49. The number of carboxylic acid groups (broad SMARTS) is 1.